The van der Waals surface area contributed by atoms with Crippen LogP contribution in [0.15, 0.2) is 48.5 Å². The summed E-state index contributed by atoms with van der Waals surface area (Å²) in [6, 6.07) is 16.6. The molecule has 112 valence electrons. The molecule has 1 unspecified atom stereocenters. The van der Waals surface area contributed by atoms with Crippen LogP contribution < -0.4 is 10.1 Å². The van der Waals surface area contributed by atoms with Gasteiger partial charge in [0.1, 0.15) is 5.75 Å². The Bertz CT molecular complexity index is 556. The highest BCUT2D eigenvalue weighted by atomic mass is 35.5. The van der Waals surface area contributed by atoms with Gasteiger partial charge in [0.2, 0.25) is 0 Å². The largest absolute Gasteiger partial charge is 0.496 e. The molecule has 2 rings (SSSR count). The molecule has 0 amide bonds. The molecule has 0 bridgehead atoms. The Hall–Kier alpha value is -1.51. The summed E-state index contributed by atoms with van der Waals surface area (Å²) in [5.41, 5.74) is 2.46. The molecule has 0 aliphatic rings. The molecule has 2 aromatic rings. The Morgan fingerprint density at radius 1 is 1.14 bits per heavy atom. The summed E-state index contributed by atoms with van der Waals surface area (Å²) < 4.78 is 5.50. The van der Waals surface area contributed by atoms with Gasteiger partial charge in [-0.3, -0.25) is 0 Å². The van der Waals surface area contributed by atoms with Crippen molar-refractivity contribution in [3.8, 4) is 5.75 Å². The van der Waals surface area contributed by atoms with E-state index in [0.29, 0.717) is 5.02 Å². The van der Waals surface area contributed by atoms with E-state index >= 15 is 0 Å². The molecular formula is C18H22ClNO. The highest BCUT2D eigenvalue weighted by Crippen LogP contribution is 2.30. The number of nitrogens with one attached hydrogen (secondary N) is 1. The third-order valence-corrected chi connectivity index (χ3v) is 3.73. The first-order valence-electron chi connectivity index (χ1n) is 7.35. The van der Waals surface area contributed by atoms with E-state index in [2.05, 4.69) is 42.6 Å². The monoisotopic (exact) mass is 303 g/mol. The Balaban J connectivity index is 2.27. The zero-order chi connectivity index (χ0) is 15.1. The van der Waals surface area contributed by atoms with Gasteiger partial charge in [-0.15, -0.1) is 0 Å². The van der Waals surface area contributed by atoms with Gasteiger partial charge < -0.3 is 10.1 Å². The molecule has 21 heavy (non-hydrogen) atoms. The number of benzene rings is 2. The summed E-state index contributed by atoms with van der Waals surface area (Å²) in [6.45, 7) is 3.15. The maximum Gasteiger partial charge on any atom is 0.125 e. The van der Waals surface area contributed by atoms with Crippen LogP contribution >= 0.6 is 11.6 Å². The van der Waals surface area contributed by atoms with E-state index in [9.17, 15) is 0 Å². The zero-order valence-electron chi connectivity index (χ0n) is 12.6. The third-order valence-electron chi connectivity index (χ3n) is 3.49. The molecule has 0 saturated carbocycles. The number of methoxy groups -OCH3 is 1. The van der Waals surface area contributed by atoms with Gasteiger partial charge in [-0.2, -0.15) is 0 Å². The molecule has 2 aromatic carbocycles. The average Bonchev–Trinajstić information content (AvgIpc) is 2.52. The molecule has 0 fully saturated rings. The van der Waals surface area contributed by atoms with Crippen molar-refractivity contribution < 1.29 is 4.74 Å². The van der Waals surface area contributed by atoms with Gasteiger partial charge in [-0.1, -0.05) is 54.9 Å². The maximum atomic E-state index is 6.06. The van der Waals surface area contributed by atoms with Gasteiger partial charge in [-0.05, 0) is 37.1 Å². The Labute approximate surface area is 132 Å². The van der Waals surface area contributed by atoms with Crippen LogP contribution in [-0.2, 0) is 6.42 Å². The fourth-order valence-corrected chi connectivity index (χ4v) is 2.60. The highest BCUT2D eigenvalue weighted by Gasteiger charge is 2.16. The van der Waals surface area contributed by atoms with Crippen molar-refractivity contribution >= 4 is 11.6 Å². The van der Waals surface area contributed by atoms with Crippen LogP contribution in [-0.4, -0.2) is 13.7 Å². The Kier molecular flexibility index (Phi) is 6.09. The molecule has 1 atom stereocenters. The van der Waals surface area contributed by atoms with Crippen LogP contribution in [0, 0.1) is 0 Å². The van der Waals surface area contributed by atoms with E-state index in [1.165, 1.54) is 5.56 Å². The lowest BCUT2D eigenvalue weighted by molar-refractivity contribution is 0.398. The van der Waals surface area contributed by atoms with E-state index < -0.39 is 0 Å². The first-order chi connectivity index (χ1) is 10.2. The quantitative estimate of drug-likeness (QED) is 0.805. The third kappa shape index (κ3) is 4.48. The summed E-state index contributed by atoms with van der Waals surface area (Å²) in [5.74, 6) is 0.840. The molecule has 0 aliphatic heterocycles. The number of rotatable bonds is 7. The molecule has 2 nitrogen and oxygen atoms in total. The van der Waals surface area contributed by atoms with E-state index in [4.69, 9.17) is 16.3 Å². The summed E-state index contributed by atoms with van der Waals surface area (Å²) in [6.07, 6.45) is 2.03. The Morgan fingerprint density at radius 2 is 1.90 bits per heavy atom. The summed E-state index contributed by atoms with van der Waals surface area (Å²) in [4.78, 5) is 0. The van der Waals surface area contributed by atoms with Gasteiger partial charge in [0.25, 0.3) is 0 Å². The molecule has 3 heteroatoms. The molecule has 0 heterocycles. The zero-order valence-corrected chi connectivity index (χ0v) is 13.4. The molecule has 0 aliphatic carbocycles. The second kappa shape index (κ2) is 8.06. The van der Waals surface area contributed by atoms with Crippen LogP contribution in [0.4, 0.5) is 0 Å². The molecule has 0 radical (unpaired) electrons. The first-order valence-corrected chi connectivity index (χ1v) is 7.73. The maximum absolute atomic E-state index is 6.06. The number of hydrogen-bond acceptors (Lipinski definition) is 2. The van der Waals surface area contributed by atoms with Crippen molar-refractivity contribution in [3.05, 3.63) is 64.7 Å². The van der Waals surface area contributed by atoms with E-state index in [1.54, 1.807) is 7.11 Å². The average molecular weight is 304 g/mol. The Morgan fingerprint density at radius 3 is 2.57 bits per heavy atom. The van der Waals surface area contributed by atoms with Crippen molar-refractivity contribution in [1.29, 1.82) is 0 Å². The second-order valence-corrected chi connectivity index (χ2v) is 5.52. The standard InChI is InChI=1S/C18H22ClNO/c1-3-11-20-17(12-14-7-5-4-6-8-14)16-10-9-15(19)13-18(16)21-2/h4-10,13,17,20H,3,11-12H2,1-2H3. The van der Waals surface area contributed by atoms with E-state index in [0.717, 1.165) is 30.7 Å². The molecule has 0 saturated heterocycles. The highest BCUT2D eigenvalue weighted by molar-refractivity contribution is 6.30. The van der Waals surface area contributed by atoms with Gasteiger partial charge in [-0.25, -0.2) is 0 Å². The van der Waals surface area contributed by atoms with E-state index in [1.807, 2.05) is 18.2 Å². The number of hydrogen-bond donors (Lipinski definition) is 1. The van der Waals surface area contributed by atoms with Gasteiger partial charge in [0, 0.05) is 16.6 Å². The van der Waals surface area contributed by atoms with E-state index in [-0.39, 0.29) is 6.04 Å². The first kappa shape index (κ1) is 15.9. The summed E-state index contributed by atoms with van der Waals surface area (Å²) in [7, 11) is 1.69. The van der Waals surface area contributed by atoms with Crippen molar-refractivity contribution in [3.63, 3.8) is 0 Å². The predicted octanol–water partition coefficient (Wildman–Crippen LogP) is 4.63. The lowest BCUT2D eigenvalue weighted by atomic mass is 9.98. The summed E-state index contributed by atoms with van der Waals surface area (Å²) >= 11 is 6.06. The van der Waals surface area contributed by atoms with Crippen LogP contribution in [0.25, 0.3) is 0 Å². The predicted molar refractivity (Wildman–Crippen MR) is 89.2 cm³/mol. The second-order valence-electron chi connectivity index (χ2n) is 5.08. The van der Waals surface area contributed by atoms with Crippen molar-refractivity contribution in [2.45, 2.75) is 25.8 Å². The van der Waals surface area contributed by atoms with Crippen molar-refractivity contribution in [1.82, 2.24) is 5.32 Å². The number of halogens is 1. The normalized spacial score (nSPS) is 12.1. The minimum atomic E-state index is 0.222. The fraction of sp³-hybridized carbons (Fsp3) is 0.333. The number of ether oxygens (including phenoxy) is 1. The summed E-state index contributed by atoms with van der Waals surface area (Å²) in [5, 5.41) is 4.30. The van der Waals surface area contributed by atoms with Crippen LogP contribution in [0.1, 0.15) is 30.5 Å². The molecule has 0 aromatic heterocycles. The van der Waals surface area contributed by atoms with Gasteiger partial charge in [0.15, 0.2) is 0 Å². The molecule has 0 spiro atoms. The lowest BCUT2D eigenvalue weighted by Gasteiger charge is -2.21. The smallest absolute Gasteiger partial charge is 0.125 e. The van der Waals surface area contributed by atoms with Gasteiger partial charge >= 0.3 is 0 Å². The SMILES string of the molecule is CCCNC(Cc1ccccc1)c1ccc(Cl)cc1OC. The van der Waals surface area contributed by atoms with Gasteiger partial charge in [0.05, 0.1) is 7.11 Å². The lowest BCUT2D eigenvalue weighted by Crippen LogP contribution is -2.24. The van der Waals surface area contributed by atoms with Crippen LogP contribution in [0.5, 0.6) is 5.75 Å². The topological polar surface area (TPSA) is 21.3 Å². The fourth-order valence-electron chi connectivity index (χ4n) is 2.43. The molecule has 1 N–H and O–H groups in total. The molecular weight excluding hydrogens is 282 g/mol. The minimum absolute atomic E-state index is 0.222. The minimum Gasteiger partial charge on any atom is -0.496 e. The van der Waals surface area contributed by atoms with Crippen LogP contribution in [0.3, 0.4) is 0 Å². The van der Waals surface area contributed by atoms with Crippen LogP contribution in [0.2, 0.25) is 5.02 Å². The van der Waals surface area contributed by atoms with Crippen molar-refractivity contribution in [2.75, 3.05) is 13.7 Å². The van der Waals surface area contributed by atoms with Crippen molar-refractivity contribution in [2.24, 2.45) is 0 Å².